The smallest absolute Gasteiger partial charge is 0.237 e. The number of hydrogen-bond acceptors (Lipinski definition) is 5. The third-order valence-electron chi connectivity index (χ3n) is 6.08. The summed E-state index contributed by atoms with van der Waals surface area (Å²) in [6, 6.07) is 9.52. The molecule has 2 N–H and O–H groups in total. The molecule has 2 aromatic rings. The van der Waals surface area contributed by atoms with Gasteiger partial charge in [-0.15, -0.1) is 0 Å². The van der Waals surface area contributed by atoms with Crippen LogP contribution in [-0.4, -0.2) is 48.8 Å². The lowest BCUT2D eigenvalue weighted by Crippen LogP contribution is -2.46. The normalized spacial score (nSPS) is 20.2. The Morgan fingerprint density at radius 2 is 1.91 bits per heavy atom. The summed E-state index contributed by atoms with van der Waals surface area (Å²) in [4.78, 5) is 15.1. The molecule has 0 saturated carbocycles. The second-order valence-corrected chi connectivity index (χ2v) is 8.55. The van der Waals surface area contributed by atoms with E-state index in [2.05, 4.69) is 15.5 Å². The number of rotatable bonds is 8. The molecule has 0 unspecified atom stereocenters. The number of hydrogen-bond donors (Lipinski definition) is 2. The number of nitrogens with one attached hydrogen (secondary N) is 2. The van der Waals surface area contributed by atoms with Gasteiger partial charge in [0.2, 0.25) is 12.7 Å². The van der Waals surface area contributed by atoms with Gasteiger partial charge in [-0.25, -0.2) is 8.78 Å². The van der Waals surface area contributed by atoms with Crippen molar-refractivity contribution in [3.63, 3.8) is 0 Å². The molecule has 172 valence electrons. The zero-order valence-electron chi connectivity index (χ0n) is 18.4. The fourth-order valence-corrected chi connectivity index (χ4v) is 4.33. The average Bonchev–Trinajstić information content (AvgIpc) is 3.40. The van der Waals surface area contributed by atoms with Crippen LogP contribution in [0.4, 0.5) is 8.78 Å². The van der Waals surface area contributed by atoms with E-state index in [1.807, 2.05) is 32.0 Å². The van der Waals surface area contributed by atoms with Crippen molar-refractivity contribution in [3.05, 3.63) is 59.2 Å². The molecule has 0 bridgehead atoms. The fraction of sp³-hybridized carbons (Fsp3) is 0.458. The number of likely N-dealkylation sites (tertiary alicyclic amines) is 1. The molecule has 2 aliphatic rings. The predicted octanol–water partition coefficient (Wildman–Crippen LogP) is 2.99. The van der Waals surface area contributed by atoms with Crippen molar-refractivity contribution in [3.8, 4) is 11.5 Å². The van der Waals surface area contributed by atoms with E-state index in [4.69, 9.17) is 9.47 Å². The molecule has 0 aromatic heterocycles. The first-order valence-corrected chi connectivity index (χ1v) is 11.0. The molecule has 2 aliphatic heterocycles. The van der Waals surface area contributed by atoms with Crippen LogP contribution in [0.1, 0.15) is 31.4 Å². The van der Waals surface area contributed by atoms with Gasteiger partial charge in [-0.2, -0.15) is 0 Å². The molecule has 1 fully saturated rings. The number of fused-ring (bicyclic) bond motifs is 1. The largest absolute Gasteiger partial charge is 0.454 e. The molecule has 32 heavy (non-hydrogen) atoms. The Morgan fingerprint density at radius 1 is 1.16 bits per heavy atom. The van der Waals surface area contributed by atoms with Gasteiger partial charge in [-0.1, -0.05) is 12.1 Å². The van der Waals surface area contributed by atoms with E-state index in [-0.39, 0.29) is 42.9 Å². The monoisotopic (exact) mass is 445 g/mol. The summed E-state index contributed by atoms with van der Waals surface area (Å²) < 4.78 is 38.6. The quantitative estimate of drug-likeness (QED) is 0.654. The van der Waals surface area contributed by atoms with Crippen LogP contribution in [0.5, 0.6) is 11.5 Å². The number of nitrogens with zero attached hydrogens (tertiary/aromatic N) is 1. The molecule has 0 radical (unpaired) electrons. The Balaban J connectivity index is 1.30. The molecule has 8 heteroatoms. The maximum atomic E-state index is 13.9. The van der Waals surface area contributed by atoms with E-state index >= 15 is 0 Å². The molecular formula is C24H29F2N3O3. The molecule has 1 amide bonds. The zero-order valence-corrected chi connectivity index (χ0v) is 18.4. The van der Waals surface area contributed by atoms with Gasteiger partial charge in [0.15, 0.2) is 11.5 Å². The van der Waals surface area contributed by atoms with Crippen LogP contribution >= 0.6 is 0 Å². The molecule has 0 spiro atoms. The van der Waals surface area contributed by atoms with Crippen molar-refractivity contribution in [2.24, 2.45) is 0 Å². The number of carbonyl (C=O) groups excluding carboxylic acids is 1. The van der Waals surface area contributed by atoms with Gasteiger partial charge in [-0.3, -0.25) is 9.69 Å². The highest BCUT2D eigenvalue weighted by atomic mass is 19.1. The molecule has 2 aromatic carbocycles. The topological polar surface area (TPSA) is 62.8 Å². The van der Waals surface area contributed by atoms with Crippen LogP contribution in [0.25, 0.3) is 0 Å². The van der Waals surface area contributed by atoms with Crippen LogP contribution < -0.4 is 20.1 Å². The fourth-order valence-electron chi connectivity index (χ4n) is 4.33. The Morgan fingerprint density at radius 3 is 2.66 bits per heavy atom. The summed E-state index contributed by atoms with van der Waals surface area (Å²) in [7, 11) is 0. The summed E-state index contributed by atoms with van der Waals surface area (Å²) in [5, 5.41) is 6.27. The second kappa shape index (κ2) is 9.83. The van der Waals surface area contributed by atoms with Crippen LogP contribution in [0.2, 0.25) is 0 Å². The van der Waals surface area contributed by atoms with Crippen LogP contribution in [0, 0.1) is 11.6 Å². The van der Waals surface area contributed by atoms with E-state index in [0.29, 0.717) is 25.9 Å². The molecule has 6 nitrogen and oxygen atoms in total. The van der Waals surface area contributed by atoms with Crippen LogP contribution in [0.3, 0.4) is 0 Å². The van der Waals surface area contributed by atoms with E-state index in [1.54, 1.807) is 0 Å². The molecular weight excluding hydrogens is 416 g/mol. The SMILES string of the molecule is CC(C)N1C[C@H](NCc2c(F)cccc2F)C[C@H]1C(=O)NCCc1ccc2c(c1)OCO2. The van der Waals surface area contributed by atoms with E-state index < -0.39 is 11.6 Å². The zero-order chi connectivity index (χ0) is 22.7. The maximum absolute atomic E-state index is 13.9. The highest BCUT2D eigenvalue weighted by Gasteiger charge is 2.37. The minimum Gasteiger partial charge on any atom is -0.454 e. The second-order valence-electron chi connectivity index (χ2n) is 8.55. The molecule has 4 rings (SSSR count). The minimum absolute atomic E-state index is 0.0268. The Labute approximate surface area is 186 Å². The van der Waals surface area contributed by atoms with Gasteiger partial charge in [0.1, 0.15) is 11.6 Å². The maximum Gasteiger partial charge on any atom is 0.237 e. The predicted molar refractivity (Wildman–Crippen MR) is 117 cm³/mol. The Hall–Kier alpha value is -2.71. The molecule has 1 saturated heterocycles. The van der Waals surface area contributed by atoms with Crippen molar-refractivity contribution in [2.45, 2.75) is 51.4 Å². The molecule has 2 heterocycles. The number of carbonyl (C=O) groups is 1. The highest BCUT2D eigenvalue weighted by Crippen LogP contribution is 2.32. The van der Waals surface area contributed by atoms with Crippen molar-refractivity contribution >= 4 is 5.91 Å². The van der Waals surface area contributed by atoms with Gasteiger partial charge < -0.3 is 20.1 Å². The Bertz CT molecular complexity index is 949. The summed E-state index contributed by atoms with van der Waals surface area (Å²) in [5.41, 5.74) is 1.09. The third-order valence-corrected chi connectivity index (χ3v) is 6.08. The first-order valence-electron chi connectivity index (χ1n) is 11.0. The number of ether oxygens (including phenoxy) is 2. The third kappa shape index (κ3) is 5.02. The minimum atomic E-state index is -0.561. The standard InChI is InChI=1S/C24H29F2N3O3/c1-15(2)29-13-17(28-12-18-19(25)4-3-5-20(18)26)11-21(29)24(30)27-9-8-16-6-7-22-23(10-16)32-14-31-22/h3-7,10,15,17,21,28H,8-9,11-14H2,1-2H3,(H,27,30)/t17-,21+/m1/s1. The van der Waals surface area contributed by atoms with E-state index in [0.717, 1.165) is 17.1 Å². The Kier molecular flexibility index (Phi) is 6.91. The lowest BCUT2D eigenvalue weighted by Gasteiger charge is -2.27. The van der Waals surface area contributed by atoms with Crippen LogP contribution in [-0.2, 0) is 17.8 Å². The lowest BCUT2D eigenvalue weighted by atomic mass is 10.1. The van der Waals surface area contributed by atoms with Crippen molar-refractivity contribution in [1.82, 2.24) is 15.5 Å². The lowest BCUT2D eigenvalue weighted by molar-refractivity contribution is -0.126. The molecule has 2 atom stereocenters. The van der Waals surface area contributed by atoms with E-state index in [1.165, 1.54) is 18.2 Å². The molecule has 0 aliphatic carbocycles. The van der Waals surface area contributed by atoms with Gasteiger partial charge in [0.05, 0.1) is 6.04 Å². The average molecular weight is 446 g/mol. The van der Waals surface area contributed by atoms with Crippen molar-refractivity contribution in [2.75, 3.05) is 19.9 Å². The van der Waals surface area contributed by atoms with Crippen LogP contribution in [0.15, 0.2) is 36.4 Å². The van der Waals surface area contributed by atoms with Crippen molar-refractivity contribution < 1.29 is 23.0 Å². The summed E-state index contributed by atoms with van der Waals surface area (Å²) in [6.07, 6.45) is 1.27. The number of amides is 1. The highest BCUT2D eigenvalue weighted by molar-refractivity contribution is 5.82. The summed E-state index contributed by atoms with van der Waals surface area (Å²) in [5.74, 6) is 0.324. The van der Waals surface area contributed by atoms with E-state index in [9.17, 15) is 13.6 Å². The van der Waals surface area contributed by atoms with Gasteiger partial charge in [-0.05, 0) is 56.5 Å². The summed E-state index contributed by atoms with van der Waals surface area (Å²) >= 11 is 0. The number of benzene rings is 2. The van der Waals surface area contributed by atoms with Gasteiger partial charge in [0.25, 0.3) is 0 Å². The van der Waals surface area contributed by atoms with Gasteiger partial charge in [0, 0.05) is 37.3 Å². The van der Waals surface area contributed by atoms with Gasteiger partial charge >= 0.3 is 0 Å². The first kappa shape index (κ1) is 22.5. The number of halogens is 2. The first-order chi connectivity index (χ1) is 15.4. The summed E-state index contributed by atoms with van der Waals surface area (Å²) in [6.45, 7) is 5.58. The van der Waals surface area contributed by atoms with Crippen molar-refractivity contribution in [1.29, 1.82) is 0 Å².